The second-order valence-electron chi connectivity index (χ2n) is 9.47. The van der Waals surface area contributed by atoms with E-state index in [4.69, 9.17) is 21.3 Å². The lowest BCUT2D eigenvalue weighted by Gasteiger charge is -2.31. The van der Waals surface area contributed by atoms with Gasteiger partial charge in [-0.1, -0.05) is 51.0 Å². The molecule has 8 heteroatoms. The van der Waals surface area contributed by atoms with Crippen LogP contribution in [-0.2, 0) is 6.42 Å². The lowest BCUT2D eigenvalue weighted by molar-refractivity contribution is 0.414. The van der Waals surface area contributed by atoms with Gasteiger partial charge in [0.15, 0.2) is 4.80 Å². The van der Waals surface area contributed by atoms with Crippen LogP contribution in [0.15, 0.2) is 86.7 Å². The highest BCUT2D eigenvalue weighted by Crippen LogP contribution is 2.42. The number of aryl methyl sites for hydroxylation is 1. The Labute approximate surface area is 235 Å². The van der Waals surface area contributed by atoms with E-state index in [1.54, 1.807) is 7.11 Å². The van der Waals surface area contributed by atoms with Crippen LogP contribution in [0.1, 0.15) is 34.7 Å². The second kappa shape index (κ2) is 9.12. The van der Waals surface area contributed by atoms with Crippen molar-refractivity contribution in [1.29, 1.82) is 0 Å². The Morgan fingerprint density at radius 2 is 1.97 bits per heavy atom. The van der Waals surface area contributed by atoms with Gasteiger partial charge in [0, 0.05) is 37.7 Å². The van der Waals surface area contributed by atoms with Crippen molar-refractivity contribution in [2.45, 2.75) is 18.9 Å². The summed E-state index contributed by atoms with van der Waals surface area (Å²) >= 11 is 11.2. The fourth-order valence-corrected chi connectivity index (χ4v) is 6.99. The summed E-state index contributed by atoms with van der Waals surface area (Å²) in [6.45, 7) is 0. The van der Waals surface area contributed by atoms with Gasteiger partial charge in [-0.15, -0.1) is 0 Å². The van der Waals surface area contributed by atoms with Crippen LogP contribution in [0.4, 0.5) is 0 Å². The number of ether oxygens (including phenoxy) is 1. The lowest BCUT2D eigenvalue weighted by Crippen LogP contribution is -2.38. The van der Waals surface area contributed by atoms with E-state index in [0.29, 0.717) is 14.4 Å². The molecule has 38 heavy (non-hydrogen) atoms. The fraction of sp³-hybridized carbons (Fsp3) is 0.133. The van der Waals surface area contributed by atoms with Gasteiger partial charge in [0.25, 0.3) is 5.56 Å². The molecule has 0 fully saturated rings. The second-order valence-corrected chi connectivity index (χ2v) is 11.8. The van der Waals surface area contributed by atoms with Crippen molar-refractivity contribution in [1.82, 2.24) is 9.55 Å². The van der Waals surface area contributed by atoms with Crippen LogP contribution in [0, 0.1) is 0 Å². The third-order valence-electron chi connectivity index (χ3n) is 7.32. The molecule has 0 spiro atoms. The van der Waals surface area contributed by atoms with Crippen molar-refractivity contribution in [2.75, 3.05) is 7.11 Å². The van der Waals surface area contributed by atoms with Gasteiger partial charge in [-0.25, -0.2) is 4.99 Å². The molecule has 1 N–H and O–H groups in total. The average molecular weight is 603 g/mol. The van der Waals surface area contributed by atoms with E-state index in [9.17, 15) is 4.79 Å². The molecule has 5 nitrogen and oxygen atoms in total. The van der Waals surface area contributed by atoms with Gasteiger partial charge in [-0.2, -0.15) is 0 Å². The number of hydrogen-bond donors (Lipinski definition) is 1. The Kier molecular flexibility index (Phi) is 5.69. The molecule has 7 rings (SSSR count). The summed E-state index contributed by atoms with van der Waals surface area (Å²) in [4.78, 5) is 23.1. The zero-order valence-corrected chi connectivity index (χ0v) is 23.5. The number of nitrogens with one attached hydrogen (secondary N) is 1. The first-order valence-corrected chi connectivity index (χ1v) is 14.2. The van der Waals surface area contributed by atoms with Crippen molar-refractivity contribution < 1.29 is 4.74 Å². The topological polar surface area (TPSA) is 59.4 Å². The third-order valence-corrected chi connectivity index (χ3v) is 9.04. The standard InChI is InChI=1S/C30H21BrClN3O2S/c1-37-21-8-10-22-17(12-21)4-9-23-27(22)34-30-35(28(23)16-2-6-20(32)7-3-16)29(36)26(38-30)13-18-15-33-25-11-5-19(31)14-24(18)25/h2-3,5-8,10-15,28,33H,4,9H2,1H3/b26-13-. The summed E-state index contributed by atoms with van der Waals surface area (Å²) in [5.41, 5.74) is 7.40. The number of methoxy groups -OCH3 is 1. The molecule has 188 valence electrons. The maximum atomic E-state index is 14.0. The summed E-state index contributed by atoms with van der Waals surface area (Å²) in [6.07, 6.45) is 5.59. The van der Waals surface area contributed by atoms with Gasteiger partial charge in [-0.05, 0) is 84.1 Å². The van der Waals surface area contributed by atoms with E-state index >= 15 is 0 Å². The zero-order chi connectivity index (χ0) is 26.0. The molecule has 1 aliphatic carbocycles. The minimum atomic E-state index is -0.243. The molecule has 3 heterocycles. The molecule has 3 aromatic carbocycles. The molecular formula is C30H21BrClN3O2S. The van der Waals surface area contributed by atoms with E-state index in [2.05, 4.69) is 39.1 Å². The van der Waals surface area contributed by atoms with Gasteiger partial charge >= 0.3 is 0 Å². The number of H-pyrrole nitrogens is 1. The Morgan fingerprint density at radius 3 is 2.79 bits per heavy atom. The van der Waals surface area contributed by atoms with Crippen LogP contribution in [0.5, 0.6) is 5.75 Å². The molecule has 1 unspecified atom stereocenters. The smallest absolute Gasteiger partial charge is 0.271 e. The maximum Gasteiger partial charge on any atom is 0.271 e. The van der Waals surface area contributed by atoms with Gasteiger partial charge in [0.2, 0.25) is 0 Å². The molecule has 0 radical (unpaired) electrons. The van der Waals surface area contributed by atoms with Crippen molar-refractivity contribution in [3.05, 3.63) is 124 Å². The normalized spacial score (nSPS) is 16.7. The number of thiazole rings is 1. The van der Waals surface area contributed by atoms with E-state index in [1.807, 2.05) is 59.3 Å². The van der Waals surface area contributed by atoms with Crippen LogP contribution in [0.3, 0.4) is 0 Å². The predicted octanol–water partition coefficient (Wildman–Crippen LogP) is 6.22. The largest absolute Gasteiger partial charge is 0.497 e. The van der Waals surface area contributed by atoms with Crippen molar-refractivity contribution in [2.24, 2.45) is 4.99 Å². The SMILES string of the molecule is COc1ccc2c(c1)CCC1=C2N=c2s/c(=C\c3c[nH]c4ccc(Br)cc34)c(=O)n2C1c1ccc(Cl)cc1. The summed E-state index contributed by atoms with van der Waals surface area (Å²) in [5, 5.41) is 1.73. The predicted molar refractivity (Wildman–Crippen MR) is 157 cm³/mol. The fourth-order valence-electron chi connectivity index (χ4n) is 5.51. The number of aromatic amines is 1. The minimum Gasteiger partial charge on any atom is -0.497 e. The molecule has 1 atom stereocenters. The molecule has 0 amide bonds. The third kappa shape index (κ3) is 3.80. The van der Waals surface area contributed by atoms with Gasteiger partial charge in [-0.3, -0.25) is 9.36 Å². The van der Waals surface area contributed by atoms with Gasteiger partial charge in [0.1, 0.15) is 5.75 Å². The Balaban J connectivity index is 1.48. The highest BCUT2D eigenvalue weighted by molar-refractivity contribution is 9.10. The number of nitrogens with zero attached hydrogens (tertiary/aromatic N) is 2. The van der Waals surface area contributed by atoms with Gasteiger partial charge in [0.05, 0.1) is 23.4 Å². The van der Waals surface area contributed by atoms with Crippen molar-refractivity contribution in [3.63, 3.8) is 0 Å². The monoisotopic (exact) mass is 601 g/mol. The van der Waals surface area contributed by atoms with Gasteiger partial charge < -0.3 is 9.72 Å². The molecule has 0 saturated heterocycles. The Morgan fingerprint density at radius 1 is 1.13 bits per heavy atom. The van der Waals surface area contributed by atoms with Crippen LogP contribution in [0.25, 0.3) is 22.7 Å². The summed E-state index contributed by atoms with van der Waals surface area (Å²) < 4.78 is 8.97. The van der Waals surface area contributed by atoms with E-state index in [1.165, 1.54) is 16.9 Å². The van der Waals surface area contributed by atoms with Crippen molar-refractivity contribution in [3.8, 4) is 5.75 Å². The molecule has 0 bridgehead atoms. The number of halogens is 2. The van der Waals surface area contributed by atoms with Crippen LogP contribution >= 0.6 is 38.9 Å². The van der Waals surface area contributed by atoms with Crippen LogP contribution in [0.2, 0.25) is 5.02 Å². The zero-order valence-electron chi connectivity index (χ0n) is 20.3. The summed E-state index contributed by atoms with van der Waals surface area (Å²) in [7, 11) is 1.69. The number of rotatable bonds is 3. The van der Waals surface area contributed by atoms with Crippen LogP contribution < -0.4 is 19.6 Å². The Hall–Kier alpha value is -3.39. The number of hydrogen-bond acceptors (Lipinski definition) is 4. The first-order valence-electron chi connectivity index (χ1n) is 12.2. The average Bonchev–Trinajstić information content (AvgIpc) is 3.47. The molecule has 2 aliphatic rings. The quantitative estimate of drug-likeness (QED) is 0.266. The Bertz CT molecular complexity index is 1970. The van der Waals surface area contributed by atoms with Crippen molar-refractivity contribution >= 4 is 61.5 Å². The number of aromatic nitrogens is 2. The first-order chi connectivity index (χ1) is 18.5. The number of allylic oxidation sites excluding steroid dienone is 1. The summed E-state index contributed by atoms with van der Waals surface area (Å²) in [6, 6.07) is 19.8. The van der Waals surface area contributed by atoms with E-state index in [0.717, 1.165) is 61.9 Å². The van der Waals surface area contributed by atoms with E-state index in [-0.39, 0.29) is 11.6 Å². The number of fused-ring (bicyclic) bond motifs is 4. The molecule has 0 saturated carbocycles. The first kappa shape index (κ1) is 23.7. The highest BCUT2D eigenvalue weighted by atomic mass is 79.9. The minimum absolute atomic E-state index is 0.0369. The highest BCUT2D eigenvalue weighted by Gasteiger charge is 2.32. The lowest BCUT2D eigenvalue weighted by atomic mass is 9.83. The molecule has 2 aromatic heterocycles. The number of benzene rings is 3. The summed E-state index contributed by atoms with van der Waals surface area (Å²) in [5.74, 6) is 0.841. The van der Waals surface area contributed by atoms with Crippen LogP contribution in [-0.4, -0.2) is 16.7 Å². The molecule has 1 aliphatic heterocycles. The van der Waals surface area contributed by atoms with E-state index < -0.39 is 0 Å². The molecular weight excluding hydrogens is 582 g/mol. The maximum absolute atomic E-state index is 14.0. The molecule has 5 aromatic rings.